The van der Waals surface area contributed by atoms with E-state index in [4.69, 9.17) is 5.73 Å². The Hall–Kier alpha value is -1.69. The van der Waals surface area contributed by atoms with Crippen molar-refractivity contribution in [2.24, 2.45) is 0 Å². The van der Waals surface area contributed by atoms with Gasteiger partial charge in [0.15, 0.2) is 5.82 Å². The van der Waals surface area contributed by atoms with Crippen LogP contribution in [0, 0.1) is 12.7 Å². The maximum atomic E-state index is 13.4. The zero-order chi connectivity index (χ0) is 12.4. The maximum Gasteiger partial charge on any atom is 0.153 e. The van der Waals surface area contributed by atoms with Crippen LogP contribution in [0.4, 0.5) is 21.7 Å². The van der Waals surface area contributed by atoms with Crippen molar-refractivity contribution in [3.8, 4) is 0 Å². The number of halogens is 2. The number of rotatable bonds is 2. The molecule has 0 fully saturated rings. The maximum absolute atomic E-state index is 13.4. The molecule has 0 aliphatic rings. The predicted molar refractivity (Wildman–Crippen MR) is 68.6 cm³/mol. The second-order valence-corrected chi connectivity index (χ2v) is 4.40. The van der Waals surface area contributed by atoms with E-state index in [1.165, 1.54) is 6.07 Å². The van der Waals surface area contributed by atoms with E-state index in [1.807, 2.05) is 6.92 Å². The molecule has 1 heterocycles. The van der Waals surface area contributed by atoms with Crippen LogP contribution in [-0.2, 0) is 0 Å². The Morgan fingerprint density at radius 1 is 1.29 bits per heavy atom. The van der Waals surface area contributed by atoms with E-state index < -0.39 is 0 Å². The Morgan fingerprint density at radius 3 is 2.71 bits per heavy atom. The molecule has 88 valence electrons. The summed E-state index contributed by atoms with van der Waals surface area (Å²) >= 11 is 3.13. The predicted octanol–water partition coefficient (Wildman–Crippen LogP) is 3.01. The third-order valence-electron chi connectivity index (χ3n) is 2.22. The Kier molecular flexibility index (Phi) is 3.23. The van der Waals surface area contributed by atoms with Crippen LogP contribution in [0.15, 0.2) is 28.7 Å². The van der Waals surface area contributed by atoms with Gasteiger partial charge in [0.2, 0.25) is 0 Å². The van der Waals surface area contributed by atoms with Gasteiger partial charge in [0.1, 0.15) is 11.6 Å². The Balaban J connectivity index is 2.30. The van der Waals surface area contributed by atoms with E-state index in [0.29, 0.717) is 21.8 Å². The van der Waals surface area contributed by atoms with E-state index in [9.17, 15) is 4.39 Å². The van der Waals surface area contributed by atoms with Gasteiger partial charge >= 0.3 is 0 Å². The molecule has 1 aromatic heterocycles. The number of hydrogen-bond donors (Lipinski definition) is 2. The third-order valence-corrected chi connectivity index (χ3v) is 2.82. The molecule has 2 rings (SSSR count). The molecule has 0 aliphatic heterocycles. The largest absolute Gasteiger partial charge is 0.382 e. The van der Waals surface area contributed by atoms with Crippen molar-refractivity contribution >= 4 is 33.3 Å². The summed E-state index contributed by atoms with van der Waals surface area (Å²) in [7, 11) is 0. The number of nitrogens with two attached hydrogens (primary N) is 1. The zero-order valence-corrected chi connectivity index (χ0v) is 10.6. The fourth-order valence-electron chi connectivity index (χ4n) is 1.33. The highest BCUT2D eigenvalue weighted by Gasteiger charge is 2.06. The first-order valence-corrected chi connectivity index (χ1v) is 5.67. The van der Waals surface area contributed by atoms with Crippen molar-refractivity contribution < 1.29 is 4.39 Å². The second-order valence-electron chi connectivity index (χ2n) is 3.55. The number of nitrogens with zero attached hydrogens (tertiary/aromatic N) is 2. The SMILES string of the molecule is Cc1cc(Br)c(F)cc1Nc1ccc(N)nn1. The number of aryl methyl sites for hydroxylation is 1. The van der Waals surface area contributed by atoms with E-state index in [1.54, 1.807) is 18.2 Å². The average molecular weight is 297 g/mol. The van der Waals surface area contributed by atoms with Crippen molar-refractivity contribution in [1.82, 2.24) is 10.2 Å². The zero-order valence-electron chi connectivity index (χ0n) is 9.04. The third kappa shape index (κ3) is 2.71. The molecule has 0 unspecified atom stereocenters. The van der Waals surface area contributed by atoms with Gasteiger partial charge in [0, 0.05) is 5.69 Å². The molecular formula is C11H10BrFN4. The lowest BCUT2D eigenvalue weighted by Gasteiger charge is -2.09. The molecule has 6 heteroatoms. The summed E-state index contributed by atoms with van der Waals surface area (Å²) in [5.41, 5.74) is 6.97. The molecule has 17 heavy (non-hydrogen) atoms. The molecule has 0 aliphatic carbocycles. The summed E-state index contributed by atoms with van der Waals surface area (Å²) in [6.45, 7) is 1.87. The number of anilines is 3. The van der Waals surface area contributed by atoms with Crippen LogP contribution >= 0.6 is 15.9 Å². The molecule has 2 aromatic rings. The molecule has 0 amide bonds. The molecule has 0 radical (unpaired) electrons. The molecule has 4 nitrogen and oxygen atoms in total. The Bertz CT molecular complexity index is 542. The van der Waals surface area contributed by atoms with E-state index in [2.05, 4.69) is 31.4 Å². The minimum atomic E-state index is -0.332. The van der Waals surface area contributed by atoms with Gasteiger partial charge in [-0.15, -0.1) is 10.2 Å². The van der Waals surface area contributed by atoms with Gasteiger partial charge in [-0.2, -0.15) is 0 Å². The highest BCUT2D eigenvalue weighted by Crippen LogP contribution is 2.25. The topological polar surface area (TPSA) is 63.8 Å². The number of nitrogen functional groups attached to an aromatic ring is 1. The summed E-state index contributed by atoms with van der Waals surface area (Å²) in [6.07, 6.45) is 0. The smallest absolute Gasteiger partial charge is 0.153 e. The van der Waals surface area contributed by atoms with Crippen LogP contribution < -0.4 is 11.1 Å². The monoisotopic (exact) mass is 296 g/mol. The quantitative estimate of drug-likeness (QED) is 0.894. The molecule has 0 spiro atoms. The van der Waals surface area contributed by atoms with Gasteiger partial charge in [-0.25, -0.2) is 4.39 Å². The van der Waals surface area contributed by atoms with Crippen LogP contribution in [0.25, 0.3) is 0 Å². The van der Waals surface area contributed by atoms with Crippen molar-refractivity contribution in [3.63, 3.8) is 0 Å². The number of nitrogens with one attached hydrogen (secondary N) is 1. The molecule has 1 aromatic carbocycles. The molecule has 0 atom stereocenters. The van der Waals surface area contributed by atoms with Gasteiger partial charge in [-0.05, 0) is 52.7 Å². The van der Waals surface area contributed by atoms with Gasteiger partial charge < -0.3 is 11.1 Å². The first kappa shape index (κ1) is 11.8. The van der Waals surface area contributed by atoms with Crippen molar-refractivity contribution in [2.75, 3.05) is 11.1 Å². The normalized spacial score (nSPS) is 10.3. The fourth-order valence-corrected chi connectivity index (χ4v) is 1.79. The lowest BCUT2D eigenvalue weighted by molar-refractivity contribution is 0.621. The van der Waals surface area contributed by atoms with Crippen LogP contribution in [0.2, 0.25) is 0 Å². The highest BCUT2D eigenvalue weighted by atomic mass is 79.9. The molecule has 3 N–H and O–H groups in total. The fraction of sp³-hybridized carbons (Fsp3) is 0.0909. The van der Waals surface area contributed by atoms with Crippen LogP contribution in [0.1, 0.15) is 5.56 Å². The minimum absolute atomic E-state index is 0.332. The van der Waals surface area contributed by atoms with Crippen molar-refractivity contribution in [1.29, 1.82) is 0 Å². The van der Waals surface area contributed by atoms with Gasteiger partial charge in [-0.1, -0.05) is 0 Å². The summed E-state index contributed by atoms with van der Waals surface area (Å²) in [5.74, 6) is 0.528. The lowest BCUT2D eigenvalue weighted by Crippen LogP contribution is -2.00. The van der Waals surface area contributed by atoms with E-state index in [-0.39, 0.29) is 5.82 Å². The van der Waals surface area contributed by atoms with Gasteiger partial charge in [0.25, 0.3) is 0 Å². The molecule has 0 bridgehead atoms. The first-order valence-electron chi connectivity index (χ1n) is 4.88. The minimum Gasteiger partial charge on any atom is -0.382 e. The lowest BCUT2D eigenvalue weighted by atomic mass is 10.2. The van der Waals surface area contributed by atoms with Crippen molar-refractivity contribution in [3.05, 3.63) is 40.1 Å². The molecular weight excluding hydrogens is 287 g/mol. The Morgan fingerprint density at radius 2 is 2.06 bits per heavy atom. The average Bonchev–Trinajstić information content (AvgIpc) is 2.29. The first-order chi connectivity index (χ1) is 8.06. The van der Waals surface area contributed by atoms with Crippen LogP contribution in [0.3, 0.4) is 0 Å². The van der Waals surface area contributed by atoms with E-state index in [0.717, 1.165) is 5.56 Å². The highest BCUT2D eigenvalue weighted by molar-refractivity contribution is 9.10. The Labute approximate surface area is 106 Å². The summed E-state index contributed by atoms with van der Waals surface area (Å²) in [4.78, 5) is 0. The second kappa shape index (κ2) is 4.67. The summed E-state index contributed by atoms with van der Waals surface area (Å²) in [5, 5.41) is 10.5. The van der Waals surface area contributed by atoms with Gasteiger partial charge in [0.05, 0.1) is 4.47 Å². The number of benzene rings is 1. The number of aromatic nitrogens is 2. The van der Waals surface area contributed by atoms with Gasteiger partial charge in [-0.3, -0.25) is 0 Å². The number of hydrogen-bond acceptors (Lipinski definition) is 4. The molecule has 0 saturated heterocycles. The van der Waals surface area contributed by atoms with E-state index >= 15 is 0 Å². The van der Waals surface area contributed by atoms with Crippen LogP contribution in [-0.4, -0.2) is 10.2 Å². The molecule has 0 saturated carbocycles. The van der Waals surface area contributed by atoms with Crippen LogP contribution in [0.5, 0.6) is 0 Å². The summed E-state index contributed by atoms with van der Waals surface area (Å²) < 4.78 is 13.8. The standard InChI is InChI=1S/C11H10BrFN4/c1-6-4-7(12)8(13)5-9(6)15-11-3-2-10(14)16-17-11/h2-5H,1H3,(H2,14,16)(H,15,17). The van der Waals surface area contributed by atoms with Crippen molar-refractivity contribution in [2.45, 2.75) is 6.92 Å². The summed E-state index contributed by atoms with van der Waals surface area (Å²) in [6, 6.07) is 6.40.